The third kappa shape index (κ3) is 6.18. The summed E-state index contributed by atoms with van der Waals surface area (Å²) in [6.07, 6.45) is 1.20. The molecule has 4 nitrogen and oxygen atoms in total. The van der Waals surface area contributed by atoms with Gasteiger partial charge in [0.2, 0.25) is 5.91 Å². The quantitative estimate of drug-likeness (QED) is 0.757. The van der Waals surface area contributed by atoms with E-state index in [1.807, 2.05) is 36.4 Å². The molecule has 0 saturated carbocycles. The number of nitrogens with one attached hydrogen (secondary N) is 2. The van der Waals surface area contributed by atoms with Crippen LogP contribution in [-0.2, 0) is 11.2 Å². The second-order valence-electron chi connectivity index (χ2n) is 5.18. The summed E-state index contributed by atoms with van der Waals surface area (Å²) in [4.78, 5) is 12.0. The molecule has 2 aromatic carbocycles. The van der Waals surface area contributed by atoms with E-state index >= 15 is 0 Å². The molecular weight excluding hydrogens is 344 g/mol. The fraction of sp³-hybridized carbons (Fsp3) is 0.222. The van der Waals surface area contributed by atoms with Gasteiger partial charge in [-0.3, -0.25) is 4.79 Å². The number of anilines is 1. The first kappa shape index (κ1) is 18.2. The van der Waals surface area contributed by atoms with Crippen molar-refractivity contribution in [1.82, 2.24) is 5.32 Å². The van der Waals surface area contributed by atoms with Crippen LogP contribution in [0, 0.1) is 0 Å². The molecule has 0 atom stereocenters. The Balaban J connectivity index is 1.81. The van der Waals surface area contributed by atoms with E-state index in [-0.39, 0.29) is 17.4 Å². The molecule has 2 N–H and O–H groups in total. The summed E-state index contributed by atoms with van der Waals surface area (Å²) < 4.78 is 5.51. The zero-order valence-corrected chi connectivity index (χ0v) is 14.9. The van der Waals surface area contributed by atoms with Crippen LogP contribution in [0.5, 0.6) is 5.75 Å². The number of carbonyl (C=O) groups is 1. The van der Waals surface area contributed by atoms with E-state index in [1.165, 1.54) is 0 Å². The minimum atomic E-state index is -0.183. The molecule has 2 rings (SSSR count). The lowest BCUT2D eigenvalue weighted by molar-refractivity contribution is -0.119. The molecule has 2 aromatic rings. The van der Waals surface area contributed by atoms with Crippen LogP contribution < -0.4 is 15.4 Å². The normalized spacial score (nSPS) is 10.1. The van der Waals surface area contributed by atoms with E-state index in [4.69, 9.17) is 28.6 Å². The first-order valence-corrected chi connectivity index (χ1v) is 8.43. The lowest BCUT2D eigenvalue weighted by Crippen LogP contribution is -2.35. The highest BCUT2D eigenvalue weighted by molar-refractivity contribution is 7.80. The second kappa shape index (κ2) is 9.25. The molecule has 0 unspecified atom stereocenters. The van der Waals surface area contributed by atoms with Gasteiger partial charge < -0.3 is 15.4 Å². The fourth-order valence-corrected chi connectivity index (χ4v) is 2.33. The van der Waals surface area contributed by atoms with Gasteiger partial charge in [-0.05, 0) is 60.6 Å². The lowest BCUT2D eigenvalue weighted by atomic mass is 10.1. The average molecular weight is 363 g/mol. The minimum absolute atomic E-state index is 0.183. The van der Waals surface area contributed by atoms with E-state index in [0.717, 1.165) is 23.4 Å². The first-order chi connectivity index (χ1) is 11.6. The van der Waals surface area contributed by atoms with Crippen molar-refractivity contribution in [3.63, 3.8) is 0 Å². The van der Waals surface area contributed by atoms with Gasteiger partial charge in [0.15, 0.2) is 5.11 Å². The highest BCUT2D eigenvalue weighted by Crippen LogP contribution is 2.16. The number of benzene rings is 2. The summed E-state index contributed by atoms with van der Waals surface area (Å²) >= 11 is 11.0. The van der Waals surface area contributed by atoms with Crippen LogP contribution in [0.25, 0.3) is 0 Å². The molecule has 0 spiro atoms. The smallest absolute Gasteiger partial charge is 0.230 e. The van der Waals surface area contributed by atoms with Crippen LogP contribution in [-0.4, -0.2) is 17.6 Å². The Bertz CT molecular complexity index is 687. The Morgan fingerprint density at radius 3 is 2.42 bits per heavy atom. The van der Waals surface area contributed by atoms with Gasteiger partial charge in [-0.2, -0.15) is 0 Å². The summed E-state index contributed by atoms with van der Waals surface area (Å²) in [5.41, 5.74) is 1.66. The number of amides is 1. The van der Waals surface area contributed by atoms with Gasteiger partial charge >= 0.3 is 0 Å². The van der Waals surface area contributed by atoms with E-state index in [0.29, 0.717) is 11.6 Å². The van der Waals surface area contributed by atoms with Gasteiger partial charge in [0.25, 0.3) is 0 Å². The maximum absolute atomic E-state index is 12.0. The summed E-state index contributed by atoms with van der Waals surface area (Å²) in [6.45, 7) is 2.74. The van der Waals surface area contributed by atoms with E-state index in [2.05, 4.69) is 17.6 Å². The largest absolute Gasteiger partial charge is 0.494 e. The maximum Gasteiger partial charge on any atom is 0.230 e. The van der Waals surface area contributed by atoms with Gasteiger partial charge in [-0.15, -0.1) is 0 Å². The Hall–Kier alpha value is -2.11. The predicted octanol–water partition coefficient (Wildman–Crippen LogP) is 4.18. The number of rotatable bonds is 6. The molecule has 0 fully saturated rings. The second-order valence-corrected chi connectivity index (χ2v) is 6.02. The van der Waals surface area contributed by atoms with Crippen molar-refractivity contribution in [3.05, 3.63) is 59.1 Å². The topological polar surface area (TPSA) is 50.4 Å². The van der Waals surface area contributed by atoms with Gasteiger partial charge in [0.1, 0.15) is 5.75 Å². The van der Waals surface area contributed by atoms with Gasteiger partial charge in [0, 0.05) is 10.7 Å². The Morgan fingerprint density at radius 2 is 1.79 bits per heavy atom. The SMILES string of the molecule is CCCOc1ccc(NC(=S)NC(=O)Cc2ccc(Cl)cc2)cc1. The molecule has 0 saturated heterocycles. The number of hydrogen-bond acceptors (Lipinski definition) is 3. The van der Waals surface area contributed by atoms with Crippen LogP contribution in [0.1, 0.15) is 18.9 Å². The van der Waals surface area contributed by atoms with E-state index in [9.17, 15) is 4.79 Å². The van der Waals surface area contributed by atoms with Crippen molar-refractivity contribution in [2.75, 3.05) is 11.9 Å². The van der Waals surface area contributed by atoms with Crippen LogP contribution in [0.2, 0.25) is 5.02 Å². The van der Waals surface area contributed by atoms with Crippen molar-refractivity contribution in [2.45, 2.75) is 19.8 Å². The van der Waals surface area contributed by atoms with Crippen molar-refractivity contribution in [1.29, 1.82) is 0 Å². The molecule has 0 aliphatic heterocycles. The maximum atomic E-state index is 12.0. The third-order valence-electron chi connectivity index (χ3n) is 3.12. The van der Waals surface area contributed by atoms with Crippen molar-refractivity contribution in [2.24, 2.45) is 0 Å². The van der Waals surface area contributed by atoms with Gasteiger partial charge in [-0.25, -0.2) is 0 Å². The molecule has 0 bridgehead atoms. The Kier molecular flexibility index (Phi) is 7.03. The van der Waals surface area contributed by atoms with Crippen LogP contribution >= 0.6 is 23.8 Å². The van der Waals surface area contributed by atoms with Crippen molar-refractivity contribution in [3.8, 4) is 5.75 Å². The molecule has 126 valence electrons. The van der Waals surface area contributed by atoms with Crippen LogP contribution in [0.15, 0.2) is 48.5 Å². The summed E-state index contributed by atoms with van der Waals surface area (Å²) in [5, 5.41) is 6.53. The van der Waals surface area contributed by atoms with Crippen molar-refractivity contribution >= 4 is 40.5 Å². The zero-order chi connectivity index (χ0) is 17.4. The van der Waals surface area contributed by atoms with Crippen LogP contribution in [0.4, 0.5) is 5.69 Å². The van der Waals surface area contributed by atoms with Crippen molar-refractivity contribution < 1.29 is 9.53 Å². The average Bonchev–Trinajstić information content (AvgIpc) is 2.56. The molecule has 0 aliphatic rings. The molecule has 0 heterocycles. The standard InChI is InChI=1S/C18H19ClN2O2S/c1-2-11-23-16-9-7-15(8-10-16)20-18(24)21-17(22)12-13-3-5-14(19)6-4-13/h3-10H,2,11-12H2,1H3,(H2,20,21,22,24). The monoisotopic (exact) mass is 362 g/mol. The molecule has 6 heteroatoms. The molecule has 24 heavy (non-hydrogen) atoms. The summed E-state index contributed by atoms with van der Waals surface area (Å²) in [7, 11) is 0. The first-order valence-electron chi connectivity index (χ1n) is 7.65. The minimum Gasteiger partial charge on any atom is -0.494 e. The molecule has 0 aliphatic carbocycles. The predicted molar refractivity (Wildman–Crippen MR) is 102 cm³/mol. The molecule has 0 aromatic heterocycles. The number of thiocarbonyl (C=S) groups is 1. The van der Waals surface area contributed by atoms with E-state index in [1.54, 1.807) is 12.1 Å². The van der Waals surface area contributed by atoms with Crippen LogP contribution in [0.3, 0.4) is 0 Å². The zero-order valence-electron chi connectivity index (χ0n) is 13.3. The van der Waals surface area contributed by atoms with Gasteiger partial charge in [-0.1, -0.05) is 30.7 Å². The van der Waals surface area contributed by atoms with E-state index < -0.39 is 0 Å². The number of hydrogen-bond donors (Lipinski definition) is 2. The Morgan fingerprint density at radius 1 is 1.12 bits per heavy atom. The highest BCUT2D eigenvalue weighted by Gasteiger charge is 2.06. The third-order valence-corrected chi connectivity index (χ3v) is 3.57. The molecular formula is C18H19ClN2O2S. The number of halogens is 1. The summed E-state index contributed by atoms with van der Waals surface area (Å²) in [5.74, 6) is 0.623. The lowest BCUT2D eigenvalue weighted by Gasteiger charge is -2.10. The summed E-state index contributed by atoms with van der Waals surface area (Å²) in [6, 6.07) is 14.5. The fourth-order valence-electron chi connectivity index (χ4n) is 1.98. The number of carbonyl (C=O) groups excluding carboxylic acids is 1. The number of ether oxygens (including phenoxy) is 1. The van der Waals surface area contributed by atoms with Gasteiger partial charge in [0.05, 0.1) is 13.0 Å². The highest BCUT2D eigenvalue weighted by atomic mass is 35.5. The molecule has 1 amide bonds. The Labute approximate surface area is 152 Å². The molecule has 0 radical (unpaired) electrons.